The van der Waals surface area contributed by atoms with E-state index in [0.717, 1.165) is 12.0 Å². The van der Waals surface area contributed by atoms with E-state index in [0.29, 0.717) is 10.6 Å². The van der Waals surface area contributed by atoms with Crippen LogP contribution in [0, 0.1) is 6.92 Å². The zero-order valence-corrected chi connectivity index (χ0v) is 13.4. The van der Waals surface area contributed by atoms with E-state index in [1.807, 2.05) is 19.1 Å². The molecular weight excluding hydrogens is 302 g/mol. The maximum atomic E-state index is 12.5. The third kappa shape index (κ3) is 2.94. The number of hydrogen-bond acceptors (Lipinski definition) is 4. The first kappa shape index (κ1) is 14.5. The van der Waals surface area contributed by atoms with Gasteiger partial charge in [-0.05, 0) is 48.7 Å². The molecule has 3 nitrogen and oxygen atoms in total. The number of hydrogen-bond donors (Lipinski definition) is 1. The molecule has 1 unspecified atom stereocenters. The molecule has 0 spiro atoms. The first-order valence-corrected chi connectivity index (χ1v) is 9.32. The fourth-order valence-corrected chi connectivity index (χ4v) is 5.85. The van der Waals surface area contributed by atoms with Crippen LogP contribution >= 0.6 is 11.8 Å². The van der Waals surface area contributed by atoms with Crippen LogP contribution in [0.15, 0.2) is 52.3 Å². The monoisotopic (exact) mass is 319 g/mol. The number of nitrogens with two attached hydrogens (primary N) is 1. The molecule has 110 valence electrons. The lowest BCUT2D eigenvalue weighted by atomic mass is 10.1. The average Bonchev–Trinajstić information content (AvgIpc) is 2.82. The van der Waals surface area contributed by atoms with E-state index >= 15 is 0 Å². The number of aryl methyl sites for hydroxylation is 1. The van der Waals surface area contributed by atoms with Gasteiger partial charge in [0.2, 0.25) is 0 Å². The van der Waals surface area contributed by atoms with Crippen LogP contribution < -0.4 is 5.73 Å². The van der Waals surface area contributed by atoms with Crippen molar-refractivity contribution in [2.24, 2.45) is 0 Å². The summed E-state index contributed by atoms with van der Waals surface area (Å²) in [6.07, 6.45) is 0.814. The second-order valence-corrected chi connectivity index (χ2v) is 8.73. The second kappa shape index (κ2) is 5.39. The molecule has 0 amide bonds. The third-order valence-corrected chi connectivity index (χ3v) is 7.06. The zero-order chi connectivity index (χ0) is 15.0. The molecule has 0 aromatic heterocycles. The normalized spacial score (nSPS) is 17.7. The summed E-state index contributed by atoms with van der Waals surface area (Å²) in [7, 11) is -3.28. The summed E-state index contributed by atoms with van der Waals surface area (Å²) in [6, 6.07) is 13.1. The van der Waals surface area contributed by atoms with Gasteiger partial charge in [0.15, 0.2) is 9.84 Å². The highest BCUT2D eigenvalue weighted by Crippen LogP contribution is 2.38. The Hall–Kier alpha value is -1.46. The highest BCUT2D eigenvalue weighted by Gasteiger charge is 2.28. The molecule has 1 heterocycles. The predicted molar refractivity (Wildman–Crippen MR) is 87.4 cm³/mol. The topological polar surface area (TPSA) is 60.2 Å². The molecule has 2 aromatic rings. The van der Waals surface area contributed by atoms with Crippen LogP contribution in [0.4, 0.5) is 5.69 Å². The minimum atomic E-state index is -3.28. The van der Waals surface area contributed by atoms with Crippen LogP contribution in [-0.2, 0) is 16.3 Å². The number of benzene rings is 2. The third-order valence-electron chi connectivity index (χ3n) is 3.72. The first-order chi connectivity index (χ1) is 9.95. The number of sulfone groups is 1. The Morgan fingerprint density at radius 2 is 2.00 bits per heavy atom. The first-order valence-electron chi connectivity index (χ1n) is 6.79. The minimum Gasteiger partial charge on any atom is -0.399 e. The van der Waals surface area contributed by atoms with Crippen LogP contribution in [0.5, 0.6) is 0 Å². The van der Waals surface area contributed by atoms with Gasteiger partial charge in [-0.25, -0.2) is 8.42 Å². The van der Waals surface area contributed by atoms with Gasteiger partial charge in [0.25, 0.3) is 0 Å². The van der Waals surface area contributed by atoms with Crippen LogP contribution in [0.3, 0.4) is 0 Å². The van der Waals surface area contributed by atoms with Crippen molar-refractivity contribution in [2.45, 2.75) is 28.4 Å². The fourth-order valence-electron chi connectivity index (χ4n) is 2.53. The summed E-state index contributed by atoms with van der Waals surface area (Å²) in [5.41, 5.74) is 8.43. The molecule has 2 N–H and O–H groups in total. The number of anilines is 1. The predicted octanol–water partition coefficient (Wildman–Crippen LogP) is 3.07. The quantitative estimate of drug-likeness (QED) is 0.883. The van der Waals surface area contributed by atoms with Gasteiger partial charge in [0.05, 0.1) is 10.6 Å². The minimum absolute atomic E-state index is 0.0882. The molecule has 3 rings (SSSR count). The Morgan fingerprint density at radius 1 is 1.24 bits per heavy atom. The Balaban J connectivity index is 1.80. The van der Waals surface area contributed by atoms with Gasteiger partial charge >= 0.3 is 0 Å². The van der Waals surface area contributed by atoms with Gasteiger partial charge in [-0.3, -0.25) is 0 Å². The van der Waals surface area contributed by atoms with Crippen LogP contribution in [0.2, 0.25) is 0 Å². The SMILES string of the molecule is Cc1cc(S(=O)(=O)CC2Cc3ccccc3S2)ccc1N. The summed E-state index contributed by atoms with van der Waals surface area (Å²) < 4.78 is 25.1. The second-order valence-electron chi connectivity index (χ2n) is 5.35. The average molecular weight is 319 g/mol. The van der Waals surface area contributed by atoms with Gasteiger partial charge < -0.3 is 5.73 Å². The van der Waals surface area contributed by atoms with Gasteiger partial charge in [-0.15, -0.1) is 11.8 Å². The number of fused-ring (bicyclic) bond motifs is 1. The molecular formula is C16H17NO2S2. The molecule has 0 aliphatic carbocycles. The maximum absolute atomic E-state index is 12.5. The lowest BCUT2D eigenvalue weighted by Crippen LogP contribution is -2.18. The Bertz CT molecular complexity index is 760. The molecule has 2 aromatic carbocycles. The van der Waals surface area contributed by atoms with E-state index in [4.69, 9.17) is 5.73 Å². The van der Waals surface area contributed by atoms with Gasteiger partial charge in [-0.1, -0.05) is 18.2 Å². The van der Waals surface area contributed by atoms with Crippen molar-refractivity contribution in [3.05, 3.63) is 53.6 Å². The van der Waals surface area contributed by atoms with E-state index in [1.165, 1.54) is 10.5 Å². The van der Waals surface area contributed by atoms with Crippen molar-refractivity contribution in [1.82, 2.24) is 0 Å². The molecule has 0 radical (unpaired) electrons. The lowest BCUT2D eigenvalue weighted by Gasteiger charge is -2.11. The number of nitrogen functional groups attached to an aromatic ring is 1. The molecule has 1 atom stereocenters. The van der Waals surface area contributed by atoms with Crippen LogP contribution in [-0.4, -0.2) is 19.4 Å². The maximum Gasteiger partial charge on any atom is 0.179 e. The molecule has 1 aliphatic rings. The van der Waals surface area contributed by atoms with E-state index in [2.05, 4.69) is 12.1 Å². The summed E-state index contributed by atoms with van der Waals surface area (Å²) in [5, 5.41) is 0.0882. The number of rotatable bonds is 3. The van der Waals surface area contributed by atoms with Crippen LogP contribution in [0.1, 0.15) is 11.1 Å². The standard InChI is InChI=1S/C16H17NO2S2/c1-11-8-14(6-7-15(11)17)21(18,19)10-13-9-12-4-2-3-5-16(12)20-13/h2-8,13H,9-10,17H2,1H3. The van der Waals surface area contributed by atoms with Crippen molar-refractivity contribution < 1.29 is 8.42 Å². The number of thioether (sulfide) groups is 1. The Morgan fingerprint density at radius 3 is 2.71 bits per heavy atom. The summed E-state index contributed by atoms with van der Waals surface area (Å²) in [5.74, 6) is 0.162. The molecule has 5 heteroatoms. The lowest BCUT2D eigenvalue weighted by molar-refractivity contribution is 0.594. The highest BCUT2D eigenvalue weighted by atomic mass is 32.2. The molecule has 0 saturated carbocycles. The summed E-state index contributed by atoms with van der Waals surface area (Å²) in [6.45, 7) is 1.83. The van der Waals surface area contributed by atoms with Crippen molar-refractivity contribution in [1.29, 1.82) is 0 Å². The Kier molecular flexibility index (Phi) is 3.71. The van der Waals surface area contributed by atoms with Gasteiger partial charge in [-0.2, -0.15) is 0 Å². The van der Waals surface area contributed by atoms with Crippen molar-refractivity contribution in [2.75, 3.05) is 11.5 Å². The van der Waals surface area contributed by atoms with Crippen molar-refractivity contribution in [3.8, 4) is 0 Å². The fraction of sp³-hybridized carbons (Fsp3) is 0.250. The Labute approximate surface area is 129 Å². The summed E-state index contributed by atoms with van der Waals surface area (Å²) in [4.78, 5) is 1.57. The molecule has 0 fully saturated rings. The van der Waals surface area contributed by atoms with Crippen LogP contribution in [0.25, 0.3) is 0 Å². The highest BCUT2D eigenvalue weighted by molar-refractivity contribution is 8.01. The van der Waals surface area contributed by atoms with Crippen molar-refractivity contribution >= 4 is 27.3 Å². The van der Waals surface area contributed by atoms with E-state index in [-0.39, 0.29) is 11.0 Å². The summed E-state index contributed by atoms with van der Waals surface area (Å²) >= 11 is 1.66. The molecule has 1 aliphatic heterocycles. The molecule has 0 saturated heterocycles. The van der Waals surface area contributed by atoms with E-state index in [1.54, 1.807) is 30.0 Å². The van der Waals surface area contributed by atoms with E-state index < -0.39 is 9.84 Å². The van der Waals surface area contributed by atoms with Crippen molar-refractivity contribution in [3.63, 3.8) is 0 Å². The zero-order valence-electron chi connectivity index (χ0n) is 11.7. The van der Waals surface area contributed by atoms with Gasteiger partial charge in [0, 0.05) is 15.8 Å². The molecule has 21 heavy (non-hydrogen) atoms. The van der Waals surface area contributed by atoms with E-state index in [9.17, 15) is 8.42 Å². The van der Waals surface area contributed by atoms with Gasteiger partial charge in [0.1, 0.15) is 0 Å². The molecule has 0 bridgehead atoms. The largest absolute Gasteiger partial charge is 0.399 e. The smallest absolute Gasteiger partial charge is 0.179 e.